The molecule has 0 amide bonds. The van der Waals surface area contributed by atoms with E-state index in [1.54, 1.807) is 13.8 Å². The van der Waals surface area contributed by atoms with E-state index in [0.29, 0.717) is 19.3 Å². The first-order valence-electron chi connectivity index (χ1n) is 11.0. The van der Waals surface area contributed by atoms with Gasteiger partial charge in [0, 0.05) is 18.8 Å². The largest absolute Gasteiger partial charge is 0.458 e. The number of aliphatic hydroxyl groups is 2. The van der Waals surface area contributed by atoms with Gasteiger partial charge < -0.3 is 14.9 Å². The predicted octanol–water partition coefficient (Wildman–Crippen LogP) is 2.86. The van der Waals surface area contributed by atoms with Crippen LogP contribution in [-0.2, 0) is 19.1 Å². The highest BCUT2D eigenvalue weighted by molar-refractivity contribution is 5.99. The molecule has 7 atom stereocenters. The number of carbonyl (C=O) groups excluding carboxylic acids is 3. The highest BCUT2D eigenvalue weighted by Crippen LogP contribution is 2.65. The summed E-state index contributed by atoms with van der Waals surface area (Å²) in [7, 11) is 0. The number of alkyl halides is 1. The summed E-state index contributed by atoms with van der Waals surface area (Å²) in [6.07, 6.45) is 4.08. The van der Waals surface area contributed by atoms with E-state index in [-0.39, 0.29) is 24.5 Å². The van der Waals surface area contributed by atoms with E-state index in [1.807, 2.05) is 6.92 Å². The number of rotatable bonds is 3. The van der Waals surface area contributed by atoms with Gasteiger partial charge in [-0.05, 0) is 62.5 Å². The maximum absolute atomic E-state index is 16.4. The SMILES string of the molecule is CC(=O)OCC(=O)C1(O)C(C)CC2C3CCC(C)=CC(=O)C=CCC3(F)C(O)CC21C. The lowest BCUT2D eigenvalue weighted by Gasteiger charge is -2.55. The Hall–Kier alpha value is -1.86. The monoisotopic (exact) mass is 436 g/mol. The van der Waals surface area contributed by atoms with Crippen LogP contribution in [0, 0.1) is 23.2 Å². The summed E-state index contributed by atoms with van der Waals surface area (Å²) in [5.41, 5.74) is -4.03. The van der Waals surface area contributed by atoms with Gasteiger partial charge in [0.15, 0.2) is 12.4 Å². The third-order valence-electron chi connectivity index (χ3n) is 8.07. The molecule has 0 aromatic heterocycles. The molecule has 0 heterocycles. The fourth-order valence-electron chi connectivity index (χ4n) is 6.43. The van der Waals surface area contributed by atoms with Crippen molar-refractivity contribution in [3.63, 3.8) is 0 Å². The van der Waals surface area contributed by atoms with E-state index in [1.165, 1.54) is 25.2 Å². The Balaban J connectivity index is 2.01. The molecule has 6 nitrogen and oxygen atoms in total. The molecule has 3 rings (SSSR count). The van der Waals surface area contributed by atoms with Crippen molar-refractivity contribution in [3.8, 4) is 0 Å². The summed E-state index contributed by atoms with van der Waals surface area (Å²) in [5, 5.41) is 22.6. The molecule has 0 aromatic rings. The summed E-state index contributed by atoms with van der Waals surface area (Å²) in [6, 6.07) is 0. The second-order valence-corrected chi connectivity index (χ2v) is 9.92. The number of halogens is 1. The van der Waals surface area contributed by atoms with Crippen molar-refractivity contribution in [2.45, 2.75) is 77.2 Å². The minimum absolute atomic E-state index is 0.0894. The lowest BCUT2D eigenvalue weighted by atomic mass is 9.52. The van der Waals surface area contributed by atoms with Crippen LogP contribution in [0.5, 0.6) is 0 Å². The number of ether oxygens (including phenoxy) is 1. The van der Waals surface area contributed by atoms with Crippen molar-refractivity contribution in [1.29, 1.82) is 0 Å². The highest BCUT2D eigenvalue weighted by atomic mass is 19.1. The molecule has 0 saturated heterocycles. The zero-order valence-electron chi connectivity index (χ0n) is 18.7. The molecule has 31 heavy (non-hydrogen) atoms. The van der Waals surface area contributed by atoms with Gasteiger partial charge in [-0.15, -0.1) is 0 Å². The van der Waals surface area contributed by atoms with Crippen LogP contribution >= 0.6 is 0 Å². The smallest absolute Gasteiger partial charge is 0.303 e. The number of esters is 1. The number of hydrogen-bond donors (Lipinski definition) is 2. The van der Waals surface area contributed by atoms with E-state index >= 15 is 4.39 Å². The number of carbonyl (C=O) groups is 3. The number of aliphatic hydroxyl groups excluding tert-OH is 1. The van der Waals surface area contributed by atoms with Crippen LogP contribution in [0.4, 0.5) is 4.39 Å². The second kappa shape index (κ2) is 8.24. The van der Waals surface area contributed by atoms with Gasteiger partial charge in [0.05, 0.1) is 6.10 Å². The zero-order valence-corrected chi connectivity index (χ0v) is 18.7. The third kappa shape index (κ3) is 3.80. The molecule has 0 bridgehead atoms. The van der Waals surface area contributed by atoms with Crippen molar-refractivity contribution >= 4 is 17.5 Å². The topological polar surface area (TPSA) is 101 Å². The summed E-state index contributed by atoms with van der Waals surface area (Å²) in [4.78, 5) is 36.2. The fraction of sp³-hybridized carbons (Fsp3) is 0.708. The average Bonchev–Trinajstić information content (AvgIpc) is 2.87. The first kappa shape index (κ1) is 23.8. The van der Waals surface area contributed by atoms with E-state index in [4.69, 9.17) is 4.74 Å². The van der Waals surface area contributed by atoms with Gasteiger partial charge in [-0.2, -0.15) is 0 Å². The van der Waals surface area contributed by atoms with E-state index in [2.05, 4.69) is 0 Å². The van der Waals surface area contributed by atoms with Crippen LogP contribution in [0.15, 0.2) is 23.8 Å². The average molecular weight is 437 g/mol. The lowest BCUT2D eigenvalue weighted by Crippen LogP contribution is -2.64. The van der Waals surface area contributed by atoms with Gasteiger partial charge in [-0.25, -0.2) is 4.39 Å². The minimum atomic E-state index is -1.96. The first-order chi connectivity index (χ1) is 14.4. The predicted molar refractivity (Wildman–Crippen MR) is 112 cm³/mol. The molecule has 2 N–H and O–H groups in total. The van der Waals surface area contributed by atoms with Crippen LogP contribution in [0.25, 0.3) is 0 Å². The molecule has 0 aromatic carbocycles. The zero-order chi connectivity index (χ0) is 23.2. The molecule has 3 aliphatic rings. The van der Waals surface area contributed by atoms with Crippen LogP contribution in [0.2, 0.25) is 0 Å². The third-order valence-corrected chi connectivity index (χ3v) is 8.07. The number of ketones is 2. The number of Topliss-reactive ketones (excluding diaryl/α,β-unsaturated/α-hetero) is 1. The molecule has 0 radical (unpaired) electrons. The van der Waals surface area contributed by atoms with E-state index in [0.717, 1.165) is 5.57 Å². The Kier molecular flexibility index (Phi) is 6.33. The van der Waals surface area contributed by atoms with Crippen LogP contribution in [0.3, 0.4) is 0 Å². The Morgan fingerprint density at radius 3 is 2.65 bits per heavy atom. The molecule has 7 unspecified atom stereocenters. The van der Waals surface area contributed by atoms with Crippen molar-refractivity contribution in [3.05, 3.63) is 23.8 Å². The maximum Gasteiger partial charge on any atom is 0.303 e. The number of fused-ring (bicyclic) bond motifs is 3. The Morgan fingerprint density at radius 2 is 2.00 bits per heavy atom. The molecule has 2 saturated carbocycles. The molecule has 0 spiro atoms. The van der Waals surface area contributed by atoms with Gasteiger partial charge in [0.25, 0.3) is 0 Å². The molecule has 172 valence electrons. The first-order valence-corrected chi connectivity index (χ1v) is 11.0. The molecule has 2 fully saturated rings. The number of hydrogen-bond acceptors (Lipinski definition) is 6. The van der Waals surface area contributed by atoms with Crippen LogP contribution < -0.4 is 0 Å². The molecule has 7 heteroatoms. The van der Waals surface area contributed by atoms with E-state index in [9.17, 15) is 24.6 Å². The van der Waals surface area contributed by atoms with Crippen LogP contribution in [0.1, 0.15) is 59.8 Å². The normalized spacial score (nSPS) is 42.9. The molecule has 3 aliphatic carbocycles. The van der Waals surface area contributed by atoms with Crippen LogP contribution in [-0.4, -0.2) is 51.7 Å². The van der Waals surface area contributed by atoms with Crippen molar-refractivity contribution in [1.82, 2.24) is 0 Å². The van der Waals surface area contributed by atoms with Gasteiger partial charge >= 0.3 is 5.97 Å². The minimum Gasteiger partial charge on any atom is -0.458 e. The number of allylic oxidation sites excluding steroid dienone is 4. The van der Waals surface area contributed by atoms with E-state index < -0.39 is 53.0 Å². The summed E-state index contributed by atoms with van der Waals surface area (Å²) in [5.74, 6) is -2.86. The van der Waals surface area contributed by atoms with Crippen molar-refractivity contribution < 1.29 is 33.7 Å². The van der Waals surface area contributed by atoms with Gasteiger partial charge in [0.1, 0.15) is 11.3 Å². The fourth-order valence-corrected chi connectivity index (χ4v) is 6.43. The summed E-state index contributed by atoms with van der Waals surface area (Å²) >= 11 is 0. The Morgan fingerprint density at radius 1 is 1.32 bits per heavy atom. The summed E-state index contributed by atoms with van der Waals surface area (Å²) in [6.45, 7) is 5.96. The van der Waals surface area contributed by atoms with Gasteiger partial charge in [0.2, 0.25) is 5.78 Å². The Bertz CT molecular complexity index is 834. The molecular formula is C24H33FO6. The molecular weight excluding hydrogens is 403 g/mol. The Labute approximate surface area is 182 Å². The van der Waals surface area contributed by atoms with Crippen molar-refractivity contribution in [2.24, 2.45) is 23.2 Å². The standard InChI is InChI=1S/C24H33FO6/c1-14-7-8-18-19-11-15(2)24(30,21(29)13-31-16(3)26)22(19,4)12-20(28)23(18,25)9-5-6-17(27)10-14/h5-6,10,15,18-20,28,30H,7-9,11-13H2,1-4H3. The molecule has 0 aliphatic heterocycles. The highest BCUT2D eigenvalue weighted by Gasteiger charge is 2.71. The summed E-state index contributed by atoms with van der Waals surface area (Å²) < 4.78 is 21.3. The van der Waals surface area contributed by atoms with Gasteiger partial charge in [-0.3, -0.25) is 14.4 Å². The second-order valence-electron chi connectivity index (χ2n) is 9.92. The quantitative estimate of drug-likeness (QED) is 0.660. The van der Waals surface area contributed by atoms with Gasteiger partial charge in [-0.1, -0.05) is 25.5 Å². The van der Waals surface area contributed by atoms with Crippen molar-refractivity contribution in [2.75, 3.05) is 6.61 Å². The lowest BCUT2D eigenvalue weighted by molar-refractivity contribution is -0.197. The maximum atomic E-state index is 16.4.